The number of carbonyl (C=O) groups is 4. The lowest BCUT2D eigenvalue weighted by atomic mass is 9.78. The minimum Gasteiger partial charge on any atom is -0.484 e. The molecule has 1 unspecified atom stereocenters. The molecule has 2 aliphatic rings. The van der Waals surface area contributed by atoms with E-state index < -0.39 is 12.0 Å². The lowest BCUT2D eigenvalue weighted by Crippen LogP contribution is -2.47. The van der Waals surface area contributed by atoms with Gasteiger partial charge in [0, 0.05) is 33.1 Å². The minimum atomic E-state index is -0.982. The summed E-state index contributed by atoms with van der Waals surface area (Å²) in [6.45, 7) is 5.73. The Morgan fingerprint density at radius 2 is 1.67 bits per heavy atom. The van der Waals surface area contributed by atoms with Gasteiger partial charge < -0.3 is 24.6 Å². The first-order valence-electron chi connectivity index (χ1n) is 11.3. The molecule has 1 N–H and O–H groups in total. The molecular formula is C24H33N3O6. The summed E-state index contributed by atoms with van der Waals surface area (Å²) in [5.74, 6) is -0.517. The first-order chi connectivity index (χ1) is 15.7. The van der Waals surface area contributed by atoms with Crippen molar-refractivity contribution in [3.8, 4) is 5.75 Å². The molecule has 2 saturated heterocycles. The molecule has 33 heavy (non-hydrogen) atoms. The first-order valence-corrected chi connectivity index (χ1v) is 11.3. The van der Waals surface area contributed by atoms with Crippen molar-refractivity contribution in [1.82, 2.24) is 15.1 Å². The number of para-hydroxylation sites is 1. The Hall–Kier alpha value is -3.10. The Morgan fingerprint density at radius 1 is 1.03 bits per heavy atom. The van der Waals surface area contributed by atoms with E-state index in [-0.39, 0.29) is 36.2 Å². The molecule has 180 valence electrons. The van der Waals surface area contributed by atoms with E-state index in [1.54, 1.807) is 4.90 Å². The van der Waals surface area contributed by atoms with Crippen molar-refractivity contribution in [3.05, 3.63) is 29.8 Å². The molecule has 1 aromatic carbocycles. The normalized spacial score (nSPS) is 18.0. The summed E-state index contributed by atoms with van der Waals surface area (Å²) in [5, 5.41) is 2.48. The van der Waals surface area contributed by atoms with Crippen LogP contribution in [-0.2, 0) is 23.9 Å². The predicted octanol–water partition coefficient (Wildman–Crippen LogP) is 1.28. The van der Waals surface area contributed by atoms with Gasteiger partial charge in [0.15, 0.2) is 6.61 Å². The molecule has 0 radical (unpaired) electrons. The molecular weight excluding hydrogens is 426 g/mol. The quantitative estimate of drug-likeness (QED) is 0.616. The number of methoxy groups -OCH3 is 1. The van der Waals surface area contributed by atoms with Gasteiger partial charge in [-0.05, 0) is 43.2 Å². The number of likely N-dealkylation sites (tertiary alicyclic amines) is 2. The van der Waals surface area contributed by atoms with Crippen molar-refractivity contribution >= 4 is 23.7 Å². The Bertz CT molecular complexity index is 894. The summed E-state index contributed by atoms with van der Waals surface area (Å²) in [7, 11) is 1.23. The van der Waals surface area contributed by atoms with Gasteiger partial charge in [0.2, 0.25) is 11.8 Å². The average Bonchev–Trinajstić information content (AvgIpc) is 3.21. The largest absolute Gasteiger partial charge is 0.484 e. The number of nitrogens with zero attached hydrogens (tertiary/aromatic N) is 2. The van der Waals surface area contributed by atoms with Crippen LogP contribution >= 0.6 is 0 Å². The molecule has 0 bridgehead atoms. The molecule has 2 aliphatic heterocycles. The number of rotatable bonds is 7. The van der Waals surface area contributed by atoms with Crippen LogP contribution in [0.4, 0.5) is 0 Å². The summed E-state index contributed by atoms with van der Waals surface area (Å²) >= 11 is 0. The summed E-state index contributed by atoms with van der Waals surface area (Å²) in [6.07, 6.45) is 2.38. The van der Waals surface area contributed by atoms with E-state index in [0.717, 1.165) is 24.8 Å². The van der Waals surface area contributed by atoms with Gasteiger partial charge >= 0.3 is 5.97 Å². The van der Waals surface area contributed by atoms with Gasteiger partial charge in [-0.3, -0.25) is 14.4 Å². The molecule has 1 spiro atoms. The lowest BCUT2D eigenvalue weighted by molar-refractivity contribution is -0.147. The van der Waals surface area contributed by atoms with E-state index in [2.05, 4.69) is 5.32 Å². The lowest BCUT2D eigenvalue weighted by Gasteiger charge is -2.39. The van der Waals surface area contributed by atoms with Gasteiger partial charge in [0.1, 0.15) is 11.8 Å². The first kappa shape index (κ1) is 24.5. The number of esters is 1. The van der Waals surface area contributed by atoms with Gasteiger partial charge in [-0.1, -0.05) is 18.2 Å². The van der Waals surface area contributed by atoms with Gasteiger partial charge in [-0.25, -0.2) is 4.79 Å². The van der Waals surface area contributed by atoms with Gasteiger partial charge in [-0.15, -0.1) is 0 Å². The van der Waals surface area contributed by atoms with Crippen LogP contribution in [0.1, 0.15) is 38.2 Å². The molecule has 2 fully saturated rings. The number of carbonyl (C=O) groups excluding carboxylic acids is 4. The zero-order valence-corrected chi connectivity index (χ0v) is 19.6. The van der Waals surface area contributed by atoms with E-state index in [1.165, 1.54) is 14.0 Å². The summed E-state index contributed by atoms with van der Waals surface area (Å²) in [4.78, 5) is 52.3. The highest BCUT2D eigenvalue weighted by Crippen LogP contribution is 2.40. The van der Waals surface area contributed by atoms with E-state index >= 15 is 0 Å². The fourth-order valence-electron chi connectivity index (χ4n) is 4.62. The molecule has 3 amide bonds. The summed E-state index contributed by atoms with van der Waals surface area (Å²) in [5.41, 5.74) is 0.976. The number of benzene rings is 1. The number of piperidine rings is 1. The van der Waals surface area contributed by atoms with E-state index in [1.807, 2.05) is 36.1 Å². The predicted molar refractivity (Wildman–Crippen MR) is 120 cm³/mol. The second-order valence-electron chi connectivity index (χ2n) is 8.98. The third kappa shape index (κ3) is 6.24. The number of hydrogen-bond acceptors (Lipinski definition) is 6. The maximum absolute atomic E-state index is 12.8. The van der Waals surface area contributed by atoms with Crippen molar-refractivity contribution < 1.29 is 28.7 Å². The number of hydrogen-bond donors (Lipinski definition) is 1. The number of aryl methyl sites for hydroxylation is 1. The highest BCUT2D eigenvalue weighted by molar-refractivity contribution is 5.89. The SMILES string of the molecule is COC(=O)C(CC(=O)N1CCC2(CCN(C(=O)COc3ccccc3C)CC2)C1)NC(C)=O. The molecule has 0 aromatic heterocycles. The van der Waals surface area contributed by atoms with Gasteiger partial charge in [0.05, 0.1) is 13.5 Å². The number of nitrogens with one attached hydrogen (secondary N) is 1. The molecule has 9 heteroatoms. The highest BCUT2D eigenvalue weighted by Gasteiger charge is 2.43. The van der Waals surface area contributed by atoms with Crippen LogP contribution in [0.2, 0.25) is 0 Å². The fraction of sp³-hybridized carbons (Fsp3) is 0.583. The van der Waals surface area contributed by atoms with Crippen molar-refractivity contribution in [2.75, 3.05) is 39.9 Å². The van der Waals surface area contributed by atoms with Crippen LogP contribution in [0, 0.1) is 12.3 Å². The minimum absolute atomic E-state index is 0.0144. The molecule has 1 atom stereocenters. The molecule has 1 aromatic rings. The van der Waals surface area contributed by atoms with Gasteiger partial charge in [-0.2, -0.15) is 0 Å². The van der Waals surface area contributed by atoms with Crippen LogP contribution in [-0.4, -0.2) is 79.4 Å². The Kier molecular flexibility index (Phi) is 7.94. The van der Waals surface area contributed by atoms with Crippen molar-refractivity contribution in [3.63, 3.8) is 0 Å². The van der Waals surface area contributed by atoms with Gasteiger partial charge in [0.25, 0.3) is 5.91 Å². The second-order valence-corrected chi connectivity index (χ2v) is 8.98. The molecule has 2 heterocycles. The van der Waals surface area contributed by atoms with E-state index in [0.29, 0.717) is 31.9 Å². The Labute approximate surface area is 194 Å². The summed E-state index contributed by atoms with van der Waals surface area (Å²) < 4.78 is 10.4. The Morgan fingerprint density at radius 3 is 2.27 bits per heavy atom. The van der Waals surface area contributed by atoms with Crippen molar-refractivity contribution in [2.45, 2.75) is 45.6 Å². The maximum atomic E-state index is 12.8. The maximum Gasteiger partial charge on any atom is 0.328 e. The summed E-state index contributed by atoms with van der Waals surface area (Å²) in [6, 6.07) is 6.63. The third-order valence-corrected chi connectivity index (χ3v) is 6.65. The molecule has 0 saturated carbocycles. The van der Waals surface area contributed by atoms with Crippen LogP contribution < -0.4 is 10.1 Å². The van der Waals surface area contributed by atoms with E-state index in [9.17, 15) is 19.2 Å². The fourth-order valence-corrected chi connectivity index (χ4v) is 4.62. The van der Waals surface area contributed by atoms with Crippen LogP contribution in [0.3, 0.4) is 0 Å². The van der Waals surface area contributed by atoms with Crippen LogP contribution in [0.15, 0.2) is 24.3 Å². The zero-order valence-electron chi connectivity index (χ0n) is 19.6. The van der Waals surface area contributed by atoms with Crippen LogP contribution in [0.5, 0.6) is 5.75 Å². The average molecular weight is 460 g/mol. The van der Waals surface area contributed by atoms with Crippen LogP contribution in [0.25, 0.3) is 0 Å². The molecule has 9 nitrogen and oxygen atoms in total. The highest BCUT2D eigenvalue weighted by atomic mass is 16.5. The van der Waals surface area contributed by atoms with Crippen molar-refractivity contribution in [1.29, 1.82) is 0 Å². The Balaban J connectivity index is 1.48. The topological polar surface area (TPSA) is 105 Å². The zero-order chi connectivity index (χ0) is 24.0. The molecule has 0 aliphatic carbocycles. The number of amides is 3. The monoisotopic (exact) mass is 459 g/mol. The smallest absolute Gasteiger partial charge is 0.328 e. The number of ether oxygens (including phenoxy) is 2. The standard InChI is InChI=1S/C24H33N3O6/c1-17-6-4-5-7-20(17)33-15-22(30)26-11-8-24(9-12-26)10-13-27(16-24)21(29)14-19(23(31)32-3)25-18(2)28/h4-7,19H,8-16H2,1-3H3,(H,25,28). The molecule has 3 rings (SSSR count). The third-order valence-electron chi connectivity index (χ3n) is 6.65. The van der Waals surface area contributed by atoms with E-state index in [4.69, 9.17) is 9.47 Å². The van der Waals surface area contributed by atoms with Crippen molar-refractivity contribution in [2.24, 2.45) is 5.41 Å². The second kappa shape index (κ2) is 10.7.